The zero-order valence-electron chi connectivity index (χ0n) is 8.21. The molecule has 0 atom stereocenters. The SMILES string of the molecule is Cc1nccnc1Sc1ncccc1N. The van der Waals surface area contributed by atoms with Gasteiger partial charge in [0.1, 0.15) is 10.1 Å². The number of nitrogen functional groups attached to an aromatic ring is 1. The van der Waals surface area contributed by atoms with Gasteiger partial charge >= 0.3 is 0 Å². The molecule has 0 saturated carbocycles. The summed E-state index contributed by atoms with van der Waals surface area (Å²) in [5.41, 5.74) is 7.33. The van der Waals surface area contributed by atoms with E-state index >= 15 is 0 Å². The van der Waals surface area contributed by atoms with Crippen LogP contribution in [0, 0.1) is 6.92 Å². The van der Waals surface area contributed by atoms with Crippen LogP contribution in [-0.4, -0.2) is 15.0 Å². The first kappa shape index (κ1) is 9.92. The summed E-state index contributed by atoms with van der Waals surface area (Å²) in [4.78, 5) is 12.6. The molecule has 2 aromatic heterocycles. The van der Waals surface area contributed by atoms with Crippen LogP contribution in [0.2, 0.25) is 0 Å². The van der Waals surface area contributed by atoms with E-state index in [1.807, 2.05) is 19.1 Å². The fraction of sp³-hybridized carbons (Fsp3) is 0.100. The summed E-state index contributed by atoms with van der Waals surface area (Å²) in [7, 11) is 0. The molecule has 4 nitrogen and oxygen atoms in total. The Morgan fingerprint density at radius 1 is 1.07 bits per heavy atom. The van der Waals surface area contributed by atoms with Gasteiger partial charge in [0.2, 0.25) is 0 Å². The lowest BCUT2D eigenvalue weighted by Gasteiger charge is -2.04. The van der Waals surface area contributed by atoms with Crippen LogP contribution in [0.4, 0.5) is 5.69 Å². The maximum atomic E-state index is 5.79. The van der Waals surface area contributed by atoms with Gasteiger partial charge in [-0.2, -0.15) is 0 Å². The van der Waals surface area contributed by atoms with Crippen molar-refractivity contribution in [3.8, 4) is 0 Å². The van der Waals surface area contributed by atoms with Crippen LogP contribution >= 0.6 is 11.8 Å². The van der Waals surface area contributed by atoms with E-state index < -0.39 is 0 Å². The number of anilines is 1. The molecule has 0 amide bonds. The highest BCUT2D eigenvalue weighted by Crippen LogP contribution is 2.29. The third kappa shape index (κ3) is 2.24. The van der Waals surface area contributed by atoms with Crippen LogP contribution in [0.3, 0.4) is 0 Å². The number of hydrogen-bond donors (Lipinski definition) is 1. The molecule has 0 bridgehead atoms. The molecule has 2 rings (SSSR count). The Morgan fingerprint density at radius 2 is 1.80 bits per heavy atom. The maximum absolute atomic E-state index is 5.79. The predicted molar refractivity (Wildman–Crippen MR) is 59.5 cm³/mol. The molecule has 2 heterocycles. The van der Waals surface area contributed by atoms with Gasteiger partial charge in [-0.25, -0.2) is 9.97 Å². The molecule has 0 fully saturated rings. The van der Waals surface area contributed by atoms with Gasteiger partial charge < -0.3 is 5.73 Å². The minimum atomic E-state index is 0.660. The summed E-state index contributed by atoms with van der Waals surface area (Å²) in [6.45, 7) is 1.91. The smallest absolute Gasteiger partial charge is 0.125 e. The second-order valence-electron chi connectivity index (χ2n) is 2.95. The predicted octanol–water partition coefficient (Wildman–Crippen LogP) is 1.91. The number of pyridine rings is 1. The Balaban J connectivity index is 2.30. The molecule has 15 heavy (non-hydrogen) atoms. The van der Waals surface area contributed by atoms with Gasteiger partial charge in [0, 0.05) is 18.6 Å². The molecule has 0 saturated heterocycles. The highest BCUT2D eigenvalue weighted by atomic mass is 32.2. The molecule has 0 aliphatic rings. The summed E-state index contributed by atoms with van der Waals surface area (Å²) in [5, 5.41) is 1.60. The molecule has 0 aliphatic carbocycles. The monoisotopic (exact) mass is 218 g/mol. The van der Waals surface area contributed by atoms with E-state index in [9.17, 15) is 0 Å². The minimum Gasteiger partial charge on any atom is -0.397 e. The summed E-state index contributed by atoms with van der Waals surface area (Å²) >= 11 is 1.43. The average Bonchev–Trinajstić information content (AvgIpc) is 2.24. The summed E-state index contributed by atoms with van der Waals surface area (Å²) in [5.74, 6) is 0. The molecule has 2 aromatic rings. The van der Waals surface area contributed by atoms with Crippen molar-refractivity contribution in [2.45, 2.75) is 17.0 Å². The Morgan fingerprint density at radius 3 is 2.53 bits per heavy atom. The fourth-order valence-corrected chi connectivity index (χ4v) is 1.87. The van der Waals surface area contributed by atoms with Gasteiger partial charge in [0.05, 0.1) is 11.4 Å². The molecule has 0 unspecified atom stereocenters. The summed E-state index contributed by atoms with van der Waals surface area (Å²) in [6.07, 6.45) is 5.04. The van der Waals surface area contributed by atoms with E-state index in [4.69, 9.17) is 5.73 Å². The zero-order chi connectivity index (χ0) is 10.7. The van der Waals surface area contributed by atoms with Crippen LogP contribution in [0.25, 0.3) is 0 Å². The van der Waals surface area contributed by atoms with Crippen LogP contribution in [-0.2, 0) is 0 Å². The Labute approximate surface area is 92.0 Å². The zero-order valence-corrected chi connectivity index (χ0v) is 9.03. The molecule has 76 valence electrons. The molecule has 5 heteroatoms. The van der Waals surface area contributed by atoms with Crippen molar-refractivity contribution in [3.63, 3.8) is 0 Å². The van der Waals surface area contributed by atoms with Crippen LogP contribution < -0.4 is 5.73 Å². The van der Waals surface area contributed by atoms with E-state index in [2.05, 4.69) is 15.0 Å². The molecular weight excluding hydrogens is 208 g/mol. The number of aryl methyl sites for hydroxylation is 1. The van der Waals surface area contributed by atoms with Crippen molar-refractivity contribution in [1.82, 2.24) is 15.0 Å². The number of nitrogens with zero attached hydrogens (tertiary/aromatic N) is 3. The molecular formula is C10H10N4S. The topological polar surface area (TPSA) is 64.7 Å². The lowest BCUT2D eigenvalue weighted by atomic mass is 10.4. The number of aromatic nitrogens is 3. The molecule has 0 radical (unpaired) electrons. The second kappa shape index (κ2) is 4.27. The van der Waals surface area contributed by atoms with E-state index in [1.165, 1.54) is 11.8 Å². The third-order valence-electron chi connectivity index (χ3n) is 1.83. The first-order valence-corrected chi connectivity index (χ1v) is 5.25. The largest absolute Gasteiger partial charge is 0.397 e. The standard InChI is InChI=1S/C10H10N4S/c1-7-9(14-6-5-12-7)15-10-8(11)3-2-4-13-10/h2-6H,11H2,1H3. The van der Waals surface area contributed by atoms with Crippen molar-refractivity contribution >= 4 is 17.4 Å². The van der Waals surface area contributed by atoms with Gasteiger partial charge in [-0.15, -0.1) is 0 Å². The van der Waals surface area contributed by atoms with E-state index in [-0.39, 0.29) is 0 Å². The third-order valence-corrected chi connectivity index (χ3v) is 2.96. The lowest BCUT2D eigenvalue weighted by Crippen LogP contribution is -1.93. The molecule has 2 N–H and O–H groups in total. The molecule has 0 aliphatic heterocycles. The van der Waals surface area contributed by atoms with E-state index in [0.29, 0.717) is 5.69 Å². The van der Waals surface area contributed by atoms with Crippen LogP contribution in [0.1, 0.15) is 5.69 Å². The fourth-order valence-electron chi connectivity index (χ4n) is 1.08. The van der Waals surface area contributed by atoms with Crippen molar-refractivity contribution in [2.75, 3.05) is 5.73 Å². The number of hydrogen-bond acceptors (Lipinski definition) is 5. The van der Waals surface area contributed by atoms with Gasteiger partial charge in [0.15, 0.2) is 0 Å². The lowest BCUT2D eigenvalue weighted by molar-refractivity contribution is 0.981. The minimum absolute atomic E-state index is 0.660. The highest BCUT2D eigenvalue weighted by molar-refractivity contribution is 7.99. The van der Waals surface area contributed by atoms with E-state index in [0.717, 1.165) is 15.7 Å². The Hall–Kier alpha value is -1.62. The quantitative estimate of drug-likeness (QED) is 0.834. The maximum Gasteiger partial charge on any atom is 0.125 e. The molecule has 0 spiro atoms. The van der Waals surface area contributed by atoms with E-state index in [1.54, 1.807) is 18.6 Å². The van der Waals surface area contributed by atoms with Crippen molar-refractivity contribution < 1.29 is 0 Å². The number of nitrogens with two attached hydrogens (primary N) is 1. The Bertz CT molecular complexity index is 429. The van der Waals surface area contributed by atoms with Crippen molar-refractivity contribution in [1.29, 1.82) is 0 Å². The summed E-state index contributed by atoms with van der Waals surface area (Å²) in [6, 6.07) is 3.63. The first-order chi connectivity index (χ1) is 7.27. The Kier molecular flexibility index (Phi) is 2.82. The van der Waals surface area contributed by atoms with Gasteiger partial charge in [-0.05, 0) is 30.8 Å². The van der Waals surface area contributed by atoms with Crippen molar-refractivity contribution in [2.24, 2.45) is 0 Å². The normalized spacial score (nSPS) is 10.2. The first-order valence-electron chi connectivity index (χ1n) is 4.43. The second-order valence-corrected chi connectivity index (χ2v) is 3.92. The van der Waals surface area contributed by atoms with Crippen molar-refractivity contribution in [3.05, 3.63) is 36.4 Å². The van der Waals surface area contributed by atoms with Crippen LogP contribution in [0.15, 0.2) is 40.8 Å². The van der Waals surface area contributed by atoms with Gasteiger partial charge in [-0.1, -0.05) is 0 Å². The average molecular weight is 218 g/mol. The molecule has 0 aromatic carbocycles. The van der Waals surface area contributed by atoms with Crippen LogP contribution in [0.5, 0.6) is 0 Å². The highest BCUT2D eigenvalue weighted by Gasteiger charge is 2.06. The van der Waals surface area contributed by atoms with Gasteiger partial charge in [0.25, 0.3) is 0 Å². The van der Waals surface area contributed by atoms with Gasteiger partial charge in [-0.3, -0.25) is 4.98 Å². The number of rotatable bonds is 2. The summed E-state index contributed by atoms with van der Waals surface area (Å²) < 4.78 is 0.